The van der Waals surface area contributed by atoms with Crippen molar-refractivity contribution in [1.82, 2.24) is 9.59 Å². The van der Waals surface area contributed by atoms with Crippen LogP contribution in [0.1, 0.15) is 34.1 Å². The molecule has 0 spiro atoms. The van der Waals surface area contributed by atoms with Crippen molar-refractivity contribution in [3.05, 3.63) is 6.20 Å². The van der Waals surface area contributed by atoms with Crippen molar-refractivity contribution in [2.24, 2.45) is 0 Å². The number of hydrogen-bond donors (Lipinski definition) is 1. The molecule has 1 fully saturated rings. The Kier molecular flexibility index (Phi) is 2.47. The van der Waals surface area contributed by atoms with Gasteiger partial charge in [0, 0.05) is 11.5 Å². The lowest BCUT2D eigenvalue weighted by atomic mass is 9.95. The van der Waals surface area contributed by atoms with Crippen molar-refractivity contribution in [2.45, 2.75) is 51.4 Å². The van der Waals surface area contributed by atoms with E-state index in [1.54, 1.807) is 6.20 Å². The number of anilines is 1. The van der Waals surface area contributed by atoms with Crippen LogP contribution in [0.2, 0.25) is 0 Å². The van der Waals surface area contributed by atoms with Gasteiger partial charge in [0.15, 0.2) is 0 Å². The van der Waals surface area contributed by atoms with E-state index in [1.165, 1.54) is 11.5 Å². The first-order chi connectivity index (χ1) is 6.89. The number of rotatable bonds is 2. The molecule has 1 atom stereocenters. The molecule has 1 aliphatic heterocycles. The van der Waals surface area contributed by atoms with Gasteiger partial charge >= 0.3 is 0 Å². The topological polar surface area (TPSA) is 47.0 Å². The Balaban J connectivity index is 2.10. The third kappa shape index (κ3) is 2.29. The van der Waals surface area contributed by atoms with Crippen molar-refractivity contribution in [2.75, 3.05) is 5.32 Å². The van der Waals surface area contributed by atoms with E-state index in [0.717, 1.165) is 11.4 Å². The highest BCUT2D eigenvalue weighted by atomic mass is 32.1. The van der Waals surface area contributed by atoms with Crippen LogP contribution in [-0.2, 0) is 4.74 Å². The van der Waals surface area contributed by atoms with Crippen LogP contribution in [0.4, 0.5) is 5.00 Å². The first kappa shape index (κ1) is 10.8. The van der Waals surface area contributed by atoms with Gasteiger partial charge in [-0.3, -0.25) is 0 Å². The summed E-state index contributed by atoms with van der Waals surface area (Å²) in [6.45, 7) is 8.49. The van der Waals surface area contributed by atoms with Gasteiger partial charge in [0.05, 0.1) is 23.4 Å². The molecule has 2 heterocycles. The summed E-state index contributed by atoms with van der Waals surface area (Å²) in [6, 6.07) is 0.315. The van der Waals surface area contributed by atoms with E-state index in [1.807, 2.05) is 0 Å². The molecule has 2 rings (SSSR count). The molecule has 1 saturated heterocycles. The summed E-state index contributed by atoms with van der Waals surface area (Å²) in [6.07, 6.45) is 2.75. The molecule has 0 aliphatic carbocycles. The highest BCUT2D eigenvalue weighted by molar-refractivity contribution is 7.09. The fourth-order valence-corrected chi connectivity index (χ4v) is 2.66. The molecule has 0 bridgehead atoms. The largest absolute Gasteiger partial charge is 0.369 e. The molecule has 84 valence electrons. The highest BCUT2D eigenvalue weighted by Gasteiger charge is 2.45. The van der Waals surface area contributed by atoms with Crippen LogP contribution in [-0.4, -0.2) is 26.8 Å². The maximum absolute atomic E-state index is 6.00. The molecule has 4 nitrogen and oxygen atoms in total. The van der Waals surface area contributed by atoms with Gasteiger partial charge < -0.3 is 10.1 Å². The summed E-state index contributed by atoms with van der Waals surface area (Å²) in [5, 5.41) is 8.26. The first-order valence-corrected chi connectivity index (χ1v) is 5.90. The van der Waals surface area contributed by atoms with Crippen LogP contribution >= 0.6 is 11.5 Å². The summed E-state index contributed by atoms with van der Waals surface area (Å²) in [4.78, 5) is 0. The Labute approximate surface area is 94.2 Å². The lowest BCUT2D eigenvalue weighted by molar-refractivity contribution is -0.0662. The third-order valence-electron chi connectivity index (χ3n) is 2.75. The Bertz CT molecular complexity index is 334. The number of aromatic nitrogens is 2. The third-order valence-corrected chi connectivity index (χ3v) is 3.35. The quantitative estimate of drug-likeness (QED) is 0.842. The van der Waals surface area contributed by atoms with E-state index in [9.17, 15) is 0 Å². The van der Waals surface area contributed by atoms with Crippen LogP contribution in [0, 0.1) is 0 Å². The number of nitrogens with zero attached hydrogens (tertiary/aromatic N) is 2. The van der Waals surface area contributed by atoms with Crippen molar-refractivity contribution >= 4 is 16.5 Å². The Morgan fingerprint density at radius 3 is 2.67 bits per heavy atom. The monoisotopic (exact) mass is 227 g/mol. The zero-order valence-corrected chi connectivity index (χ0v) is 10.4. The molecular formula is C10H17N3OS. The average molecular weight is 227 g/mol. The molecular weight excluding hydrogens is 210 g/mol. The summed E-state index contributed by atoms with van der Waals surface area (Å²) in [5.74, 6) is 0. The highest BCUT2D eigenvalue weighted by Crippen LogP contribution is 2.38. The minimum atomic E-state index is -0.145. The molecule has 1 aromatic heterocycles. The molecule has 1 N–H and O–H groups in total. The van der Waals surface area contributed by atoms with Gasteiger partial charge in [0.1, 0.15) is 5.00 Å². The van der Waals surface area contributed by atoms with Gasteiger partial charge in [-0.2, -0.15) is 0 Å². The molecule has 0 radical (unpaired) electrons. The predicted octanol–water partition coefficient (Wildman–Crippen LogP) is 2.30. The van der Waals surface area contributed by atoms with E-state index in [0.29, 0.717) is 6.04 Å². The lowest BCUT2D eigenvalue weighted by Crippen LogP contribution is -2.37. The van der Waals surface area contributed by atoms with Gasteiger partial charge in [-0.05, 0) is 34.1 Å². The number of nitrogens with one attached hydrogen (secondary N) is 1. The second-order valence-electron chi connectivity index (χ2n) is 5.15. The van der Waals surface area contributed by atoms with Crippen molar-refractivity contribution in [3.8, 4) is 0 Å². The summed E-state index contributed by atoms with van der Waals surface area (Å²) >= 11 is 1.38. The standard InChI is InChI=1S/C10H17N3OS/c1-9(2)5-7(10(3,4)14-9)12-8-6-11-13-15-8/h6-7,12H,5H2,1-4H3. The summed E-state index contributed by atoms with van der Waals surface area (Å²) < 4.78 is 9.84. The van der Waals surface area contributed by atoms with Crippen LogP contribution in [0.25, 0.3) is 0 Å². The van der Waals surface area contributed by atoms with Crippen molar-refractivity contribution in [3.63, 3.8) is 0 Å². The van der Waals surface area contributed by atoms with Gasteiger partial charge in [-0.1, -0.05) is 4.49 Å². The van der Waals surface area contributed by atoms with Gasteiger partial charge in [-0.15, -0.1) is 5.10 Å². The predicted molar refractivity (Wildman–Crippen MR) is 61.2 cm³/mol. The maximum atomic E-state index is 6.00. The Morgan fingerprint density at radius 2 is 2.20 bits per heavy atom. The van der Waals surface area contributed by atoms with E-state index in [2.05, 4.69) is 42.6 Å². The van der Waals surface area contributed by atoms with E-state index in [4.69, 9.17) is 4.74 Å². The first-order valence-electron chi connectivity index (χ1n) is 5.13. The van der Waals surface area contributed by atoms with Gasteiger partial charge in [0.25, 0.3) is 0 Å². The lowest BCUT2D eigenvalue weighted by Gasteiger charge is -2.27. The van der Waals surface area contributed by atoms with E-state index >= 15 is 0 Å². The molecule has 1 aromatic rings. The normalized spacial score (nSPS) is 27.9. The van der Waals surface area contributed by atoms with Crippen LogP contribution in [0.15, 0.2) is 6.20 Å². The summed E-state index contributed by atoms with van der Waals surface area (Å²) in [5.41, 5.74) is -0.202. The van der Waals surface area contributed by atoms with Gasteiger partial charge in [0.2, 0.25) is 0 Å². The number of hydrogen-bond acceptors (Lipinski definition) is 5. The molecule has 0 aromatic carbocycles. The SMILES string of the molecule is CC1(C)CC(Nc2cnns2)C(C)(C)O1. The van der Waals surface area contributed by atoms with Crippen LogP contribution < -0.4 is 5.32 Å². The van der Waals surface area contributed by atoms with Gasteiger partial charge in [-0.25, -0.2) is 0 Å². The fraction of sp³-hybridized carbons (Fsp3) is 0.800. The molecule has 0 saturated carbocycles. The molecule has 5 heteroatoms. The van der Waals surface area contributed by atoms with Crippen molar-refractivity contribution < 1.29 is 4.74 Å². The minimum Gasteiger partial charge on any atom is -0.369 e. The van der Waals surface area contributed by atoms with E-state index in [-0.39, 0.29) is 11.2 Å². The number of ether oxygens (including phenoxy) is 1. The minimum absolute atomic E-state index is 0.0563. The maximum Gasteiger partial charge on any atom is 0.130 e. The molecule has 1 unspecified atom stereocenters. The zero-order valence-electron chi connectivity index (χ0n) is 9.57. The van der Waals surface area contributed by atoms with Crippen LogP contribution in [0.3, 0.4) is 0 Å². The summed E-state index contributed by atoms with van der Waals surface area (Å²) in [7, 11) is 0. The second-order valence-corrected chi connectivity index (χ2v) is 5.93. The molecule has 1 aliphatic rings. The average Bonchev–Trinajstić information content (AvgIpc) is 2.58. The fourth-order valence-electron chi connectivity index (χ4n) is 2.19. The second kappa shape index (κ2) is 3.42. The zero-order chi connectivity index (χ0) is 11.1. The smallest absolute Gasteiger partial charge is 0.130 e. The van der Waals surface area contributed by atoms with Crippen molar-refractivity contribution in [1.29, 1.82) is 0 Å². The molecule has 0 amide bonds. The Hall–Kier alpha value is -0.680. The Morgan fingerprint density at radius 1 is 1.47 bits per heavy atom. The van der Waals surface area contributed by atoms with E-state index < -0.39 is 0 Å². The molecule has 15 heavy (non-hydrogen) atoms. The van der Waals surface area contributed by atoms with Crippen LogP contribution in [0.5, 0.6) is 0 Å².